The maximum absolute atomic E-state index is 12.4. The van der Waals surface area contributed by atoms with Gasteiger partial charge in [0.1, 0.15) is 0 Å². The molecule has 0 aromatic heterocycles. The molecule has 0 aliphatic carbocycles. The number of carbonyl (C=O) groups is 2. The maximum atomic E-state index is 12.4. The van der Waals surface area contributed by atoms with Crippen molar-refractivity contribution < 1.29 is 9.59 Å². The summed E-state index contributed by atoms with van der Waals surface area (Å²) in [6.45, 7) is 6.40. The zero-order chi connectivity index (χ0) is 20.0. The first-order chi connectivity index (χ1) is 12.8. The van der Waals surface area contributed by atoms with Crippen molar-refractivity contribution >= 4 is 34.8 Å². The van der Waals surface area contributed by atoms with Gasteiger partial charge in [0.25, 0.3) is 0 Å². The SMILES string of the molecule is Cc1cccc(C(C)C)c1NC(=O)CN(C)CC(=O)Nc1ccc(Cl)cc1. The molecule has 0 fully saturated rings. The number of anilines is 2. The number of aryl methyl sites for hydroxylation is 1. The number of benzene rings is 2. The Hall–Kier alpha value is -2.37. The van der Waals surface area contributed by atoms with Crippen LogP contribution in [0.1, 0.15) is 30.9 Å². The molecule has 0 radical (unpaired) electrons. The Bertz CT molecular complexity index is 804. The molecule has 0 heterocycles. The van der Waals surface area contributed by atoms with Crippen LogP contribution in [0.25, 0.3) is 0 Å². The second-order valence-corrected chi connectivity index (χ2v) is 7.41. The first-order valence-corrected chi connectivity index (χ1v) is 9.27. The molecule has 2 N–H and O–H groups in total. The first-order valence-electron chi connectivity index (χ1n) is 8.89. The molecular weight excluding hydrogens is 362 g/mol. The molecule has 144 valence electrons. The molecule has 2 amide bonds. The van der Waals surface area contributed by atoms with Crippen LogP contribution in [0.2, 0.25) is 5.02 Å². The van der Waals surface area contributed by atoms with Crippen LogP contribution in [0.3, 0.4) is 0 Å². The fourth-order valence-electron chi connectivity index (χ4n) is 2.80. The minimum Gasteiger partial charge on any atom is -0.325 e. The predicted octanol–water partition coefficient (Wildman–Crippen LogP) is 4.28. The molecule has 0 aliphatic rings. The van der Waals surface area contributed by atoms with Crippen LogP contribution in [-0.4, -0.2) is 36.9 Å². The number of hydrogen-bond acceptors (Lipinski definition) is 3. The van der Waals surface area contributed by atoms with Crippen LogP contribution in [0.15, 0.2) is 42.5 Å². The molecule has 0 saturated carbocycles. The van der Waals surface area contributed by atoms with Crippen LogP contribution in [0, 0.1) is 6.92 Å². The molecule has 2 aromatic carbocycles. The number of hydrogen-bond donors (Lipinski definition) is 2. The van der Waals surface area contributed by atoms with E-state index in [1.807, 2.05) is 25.1 Å². The van der Waals surface area contributed by atoms with Gasteiger partial charge < -0.3 is 10.6 Å². The molecule has 0 unspecified atom stereocenters. The van der Waals surface area contributed by atoms with E-state index < -0.39 is 0 Å². The van der Waals surface area contributed by atoms with E-state index >= 15 is 0 Å². The van der Waals surface area contributed by atoms with Crippen LogP contribution in [0.4, 0.5) is 11.4 Å². The minimum atomic E-state index is -0.189. The van der Waals surface area contributed by atoms with Crippen LogP contribution in [-0.2, 0) is 9.59 Å². The van der Waals surface area contributed by atoms with E-state index in [-0.39, 0.29) is 24.9 Å². The molecular formula is C21H26ClN3O2. The molecule has 0 saturated heterocycles. The number of nitrogens with zero attached hydrogens (tertiary/aromatic N) is 1. The normalized spacial score (nSPS) is 10.9. The summed E-state index contributed by atoms with van der Waals surface area (Å²) in [4.78, 5) is 26.2. The highest BCUT2D eigenvalue weighted by Crippen LogP contribution is 2.27. The summed E-state index contributed by atoms with van der Waals surface area (Å²) in [5.41, 5.74) is 3.66. The molecule has 0 atom stereocenters. The van der Waals surface area contributed by atoms with Crippen molar-refractivity contribution in [2.75, 3.05) is 30.8 Å². The average molecular weight is 388 g/mol. The zero-order valence-corrected chi connectivity index (χ0v) is 16.9. The largest absolute Gasteiger partial charge is 0.325 e. The zero-order valence-electron chi connectivity index (χ0n) is 16.2. The number of amides is 2. The van der Waals surface area contributed by atoms with Gasteiger partial charge in [0.15, 0.2) is 0 Å². The Balaban J connectivity index is 1.90. The fraction of sp³-hybridized carbons (Fsp3) is 0.333. The Labute approximate surface area is 165 Å². The van der Waals surface area contributed by atoms with Gasteiger partial charge in [-0.25, -0.2) is 0 Å². The van der Waals surface area contributed by atoms with E-state index in [0.29, 0.717) is 16.6 Å². The number of nitrogens with one attached hydrogen (secondary N) is 2. The summed E-state index contributed by atoms with van der Waals surface area (Å²) in [5, 5.41) is 6.39. The summed E-state index contributed by atoms with van der Waals surface area (Å²) < 4.78 is 0. The van der Waals surface area contributed by atoms with Gasteiger partial charge in [0.05, 0.1) is 13.1 Å². The van der Waals surface area contributed by atoms with Gasteiger partial charge in [-0.05, 0) is 55.3 Å². The lowest BCUT2D eigenvalue weighted by Gasteiger charge is -2.19. The summed E-state index contributed by atoms with van der Waals surface area (Å²) in [6.07, 6.45) is 0. The Morgan fingerprint density at radius 1 is 1.00 bits per heavy atom. The van der Waals surface area contributed by atoms with E-state index in [2.05, 4.69) is 24.5 Å². The van der Waals surface area contributed by atoms with Gasteiger partial charge >= 0.3 is 0 Å². The average Bonchev–Trinajstić information content (AvgIpc) is 2.58. The summed E-state index contributed by atoms with van der Waals surface area (Å²) in [6, 6.07) is 12.9. The van der Waals surface area contributed by atoms with Gasteiger partial charge in [-0.3, -0.25) is 14.5 Å². The van der Waals surface area contributed by atoms with Crippen molar-refractivity contribution in [2.45, 2.75) is 26.7 Å². The highest BCUT2D eigenvalue weighted by atomic mass is 35.5. The molecule has 6 heteroatoms. The Morgan fingerprint density at radius 3 is 2.19 bits per heavy atom. The van der Waals surface area contributed by atoms with Gasteiger partial charge in [-0.15, -0.1) is 0 Å². The summed E-state index contributed by atoms with van der Waals surface area (Å²) in [7, 11) is 1.74. The highest BCUT2D eigenvalue weighted by molar-refractivity contribution is 6.30. The lowest BCUT2D eigenvalue weighted by Crippen LogP contribution is -2.36. The third-order valence-electron chi connectivity index (χ3n) is 4.15. The van der Waals surface area contributed by atoms with Crippen molar-refractivity contribution in [2.24, 2.45) is 0 Å². The van der Waals surface area contributed by atoms with Crippen molar-refractivity contribution in [3.63, 3.8) is 0 Å². The van der Waals surface area contributed by atoms with Crippen molar-refractivity contribution in [3.05, 3.63) is 58.6 Å². The monoisotopic (exact) mass is 387 g/mol. The number of halogens is 1. The van der Waals surface area contributed by atoms with Crippen molar-refractivity contribution in [1.29, 1.82) is 0 Å². The summed E-state index contributed by atoms with van der Waals surface area (Å²) >= 11 is 5.83. The lowest BCUT2D eigenvalue weighted by molar-refractivity contribution is -0.119. The number of likely N-dealkylation sites (N-methyl/N-ethyl adjacent to an activating group) is 1. The molecule has 2 aromatic rings. The van der Waals surface area contributed by atoms with Crippen molar-refractivity contribution in [1.82, 2.24) is 4.90 Å². The maximum Gasteiger partial charge on any atom is 0.238 e. The van der Waals surface area contributed by atoms with E-state index in [9.17, 15) is 9.59 Å². The fourth-order valence-corrected chi connectivity index (χ4v) is 2.93. The predicted molar refractivity (Wildman–Crippen MR) is 111 cm³/mol. The molecule has 5 nitrogen and oxygen atoms in total. The van der Waals surface area contributed by atoms with E-state index in [4.69, 9.17) is 11.6 Å². The molecule has 0 spiro atoms. The minimum absolute atomic E-state index is 0.112. The smallest absolute Gasteiger partial charge is 0.238 e. The molecule has 0 bridgehead atoms. The highest BCUT2D eigenvalue weighted by Gasteiger charge is 2.15. The van der Waals surface area contributed by atoms with Gasteiger partial charge in [0, 0.05) is 16.4 Å². The van der Waals surface area contributed by atoms with Crippen molar-refractivity contribution in [3.8, 4) is 0 Å². The molecule has 2 rings (SSSR count). The third-order valence-corrected chi connectivity index (χ3v) is 4.40. The second-order valence-electron chi connectivity index (χ2n) is 6.97. The number of para-hydroxylation sites is 1. The van der Waals surface area contributed by atoms with E-state index in [0.717, 1.165) is 16.8 Å². The third kappa shape index (κ3) is 6.38. The number of rotatable bonds is 7. The van der Waals surface area contributed by atoms with Gasteiger partial charge in [0.2, 0.25) is 11.8 Å². The first kappa shape index (κ1) is 20.9. The second kappa shape index (κ2) is 9.53. The van der Waals surface area contributed by atoms with Crippen LogP contribution in [0.5, 0.6) is 0 Å². The molecule has 0 aliphatic heterocycles. The lowest BCUT2D eigenvalue weighted by atomic mass is 9.98. The Morgan fingerprint density at radius 2 is 1.59 bits per heavy atom. The summed E-state index contributed by atoms with van der Waals surface area (Å²) in [5.74, 6) is -0.0255. The van der Waals surface area contributed by atoms with E-state index in [1.54, 1.807) is 36.2 Å². The number of carbonyl (C=O) groups excluding carboxylic acids is 2. The molecule has 27 heavy (non-hydrogen) atoms. The standard InChI is InChI=1S/C21H26ClN3O2/c1-14(2)18-7-5-6-15(3)21(18)24-20(27)13-25(4)12-19(26)23-17-10-8-16(22)9-11-17/h5-11,14H,12-13H2,1-4H3,(H,23,26)(H,24,27). The van der Waals surface area contributed by atoms with Crippen LogP contribution < -0.4 is 10.6 Å². The quantitative estimate of drug-likeness (QED) is 0.745. The van der Waals surface area contributed by atoms with Crippen LogP contribution >= 0.6 is 11.6 Å². The Kier molecular flexibility index (Phi) is 7.39. The van der Waals surface area contributed by atoms with Gasteiger partial charge in [-0.1, -0.05) is 43.6 Å². The van der Waals surface area contributed by atoms with Gasteiger partial charge in [-0.2, -0.15) is 0 Å². The topological polar surface area (TPSA) is 61.4 Å². The van der Waals surface area contributed by atoms with E-state index in [1.165, 1.54) is 0 Å².